The molecule has 0 aliphatic carbocycles. The number of carbonyl (C=O) groups excluding carboxylic acids is 1. The number of hydrogen-bond donors (Lipinski definition) is 1. The van der Waals surface area contributed by atoms with Crippen molar-refractivity contribution >= 4 is 5.91 Å². The first-order valence-corrected chi connectivity index (χ1v) is 7.57. The van der Waals surface area contributed by atoms with Crippen LogP contribution in [0.5, 0.6) is 0 Å². The van der Waals surface area contributed by atoms with Crippen LogP contribution in [-0.4, -0.2) is 61.5 Å². The normalized spacial score (nSPS) is 23.4. The molecule has 4 nitrogen and oxygen atoms in total. The lowest BCUT2D eigenvalue weighted by Gasteiger charge is -2.29. The predicted octanol–water partition coefficient (Wildman–Crippen LogP) is 1.07. The van der Waals surface area contributed by atoms with Crippen molar-refractivity contribution in [1.29, 1.82) is 0 Å². The lowest BCUT2D eigenvalue weighted by Crippen LogP contribution is -2.47. The molecule has 1 amide bonds. The van der Waals surface area contributed by atoms with Gasteiger partial charge in [-0.1, -0.05) is 19.3 Å². The lowest BCUT2D eigenvalue weighted by atomic mass is 10.1. The number of rotatable bonds is 3. The van der Waals surface area contributed by atoms with E-state index in [1.165, 1.54) is 45.2 Å². The highest BCUT2D eigenvalue weighted by Gasteiger charge is 2.17. The highest BCUT2D eigenvalue weighted by Crippen LogP contribution is 2.11. The Morgan fingerprint density at radius 1 is 0.889 bits per heavy atom. The molecule has 0 aromatic rings. The summed E-state index contributed by atoms with van der Waals surface area (Å²) in [5.74, 6) is 0.346. The number of nitrogens with zero attached hydrogens (tertiary/aromatic N) is 2. The maximum atomic E-state index is 12.1. The van der Waals surface area contributed by atoms with Crippen LogP contribution >= 0.6 is 0 Å². The minimum Gasteiger partial charge on any atom is -0.340 e. The SMILES string of the molecule is O=C(CCN1CCCCCCC1)N1CCNCC1. The van der Waals surface area contributed by atoms with Gasteiger partial charge in [-0.15, -0.1) is 0 Å². The van der Waals surface area contributed by atoms with E-state index in [0.29, 0.717) is 12.3 Å². The molecule has 2 fully saturated rings. The van der Waals surface area contributed by atoms with E-state index in [4.69, 9.17) is 0 Å². The largest absolute Gasteiger partial charge is 0.340 e. The summed E-state index contributed by atoms with van der Waals surface area (Å²) in [4.78, 5) is 16.6. The molecule has 0 radical (unpaired) electrons. The summed E-state index contributed by atoms with van der Waals surface area (Å²) in [6.07, 6.45) is 7.45. The zero-order chi connectivity index (χ0) is 12.6. The minimum atomic E-state index is 0.346. The van der Waals surface area contributed by atoms with Gasteiger partial charge in [-0.3, -0.25) is 4.79 Å². The molecule has 4 heteroatoms. The van der Waals surface area contributed by atoms with Gasteiger partial charge < -0.3 is 15.1 Å². The molecule has 0 bridgehead atoms. The molecule has 2 rings (SSSR count). The molecule has 0 aromatic carbocycles. The zero-order valence-corrected chi connectivity index (χ0v) is 11.5. The van der Waals surface area contributed by atoms with E-state index >= 15 is 0 Å². The number of likely N-dealkylation sites (tertiary alicyclic amines) is 1. The third-order valence-corrected chi connectivity index (χ3v) is 4.06. The van der Waals surface area contributed by atoms with E-state index in [0.717, 1.165) is 32.7 Å². The Kier molecular flexibility index (Phi) is 5.94. The second kappa shape index (κ2) is 7.74. The highest BCUT2D eigenvalue weighted by atomic mass is 16.2. The Hall–Kier alpha value is -0.610. The number of hydrogen-bond acceptors (Lipinski definition) is 3. The zero-order valence-electron chi connectivity index (χ0n) is 11.5. The summed E-state index contributed by atoms with van der Waals surface area (Å²) < 4.78 is 0. The number of nitrogens with one attached hydrogen (secondary N) is 1. The van der Waals surface area contributed by atoms with Crippen LogP contribution in [0.25, 0.3) is 0 Å². The molecule has 2 heterocycles. The van der Waals surface area contributed by atoms with E-state index in [9.17, 15) is 4.79 Å². The molecular formula is C14H27N3O. The number of amides is 1. The molecule has 104 valence electrons. The number of piperazine rings is 1. The smallest absolute Gasteiger partial charge is 0.223 e. The van der Waals surface area contributed by atoms with Gasteiger partial charge in [-0.25, -0.2) is 0 Å². The van der Waals surface area contributed by atoms with Gasteiger partial charge in [0.25, 0.3) is 0 Å². The molecule has 2 aliphatic rings. The summed E-state index contributed by atoms with van der Waals surface area (Å²) in [6.45, 7) is 7.02. The average Bonchev–Trinajstić information content (AvgIpc) is 2.38. The first-order valence-electron chi connectivity index (χ1n) is 7.57. The third kappa shape index (κ3) is 4.58. The van der Waals surface area contributed by atoms with Gasteiger partial charge >= 0.3 is 0 Å². The van der Waals surface area contributed by atoms with Crippen molar-refractivity contribution in [3.63, 3.8) is 0 Å². The summed E-state index contributed by atoms with van der Waals surface area (Å²) >= 11 is 0. The van der Waals surface area contributed by atoms with E-state index < -0.39 is 0 Å². The van der Waals surface area contributed by atoms with Crippen LogP contribution in [0.15, 0.2) is 0 Å². The van der Waals surface area contributed by atoms with E-state index in [-0.39, 0.29) is 0 Å². The monoisotopic (exact) mass is 253 g/mol. The predicted molar refractivity (Wildman–Crippen MR) is 73.6 cm³/mol. The van der Waals surface area contributed by atoms with Crippen molar-refractivity contribution in [1.82, 2.24) is 15.1 Å². The van der Waals surface area contributed by atoms with Crippen molar-refractivity contribution in [3.05, 3.63) is 0 Å². The lowest BCUT2D eigenvalue weighted by molar-refractivity contribution is -0.132. The van der Waals surface area contributed by atoms with Crippen molar-refractivity contribution in [2.24, 2.45) is 0 Å². The summed E-state index contributed by atoms with van der Waals surface area (Å²) in [5.41, 5.74) is 0. The Labute approximate surface area is 111 Å². The molecule has 2 aliphatic heterocycles. The van der Waals surface area contributed by atoms with Gasteiger partial charge in [-0.2, -0.15) is 0 Å². The van der Waals surface area contributed by atoms with Gasteiger partial charge in [-0.05, 0) is 25.9 Å². The summed E-state index contributed by atoms with van der Waals surface area (Å²) in [7, 11) is 0. The van der Waals surface area contributed by atoms with E-state index in [1.54, 1.807) is 0 Å². The van der Waals surface area contributed by atoms with Crippen LogP contribution in [0.2, 0.25) is 0 Å². The fourth-order valence-corrected chi connectivity index (χ4v) is 2.86. The molecule has 0 spiro atoms. The molecule has 0 aromatic heterocycles. The van der Waals surface area contributed by atoms with E-state index in [2.05, 4.69) is 10.2 Å². The van der Waals surface area contributed by atoms with Crippen molar-refractivity contribution < 1.29 is 4.79 Å². The van der Waals surface area contributed by atoms with Crippen LogP contribution in [0.4, 0.5) is 0 Å². The second-order valence-corrected chi connectivity index (χ2v) is 5.49. The quantitative estimate of drug-likeness (QED) is 0.817. The topological polar surface area (TPSA) is 35.6 Å². The van der Waals surface area contributed by atoms with Crippen LogP contribution in [0, 0.1) is 0 Å². The molecule has 0 atom stereocenters. The van der Waals surface area contributed by atoms with Crippen LogP contribution < -0.4 is 5.32 Å². The molecule has 1 N–H and O–H groups in total. The van der Waals surface area contributed by atoms with Crippen LogP contribution in [-0.2, 0) is 4.79 Å². The fourth-order valence-electron chi connectivity index (χ4n) is 2.86. The first kappa shape index (κ1) is 13.8. The molecule has 18 heavy (non-hydrogen) atoms. The van der Waals surface area contributed by atoms with Crippen LogP contribution in [0.1, 0.15) is 38.5 Å². The molecule has 0 unspecified atom stereocenters. The van der Waals surface area contributed by atoms with Crippen molar-refractivity contribution in [3.8, 4) is 0 Å². The van der Waals surface area contributed by atoms with Crippen molar-refractivity contribution in [2.75, 3.05) is 45.8 Å². The number of carbonyl (C=O) groups is 1. The molecular weight excluding hydrogens is 226 g/mol. The highest BCUT2D eigenvalue weighted by molar-refractivity contribution is 5.76. The third-order valence-electron chi connectivity index (χ3n) is 4.06. The van der Waals surface area contributed by atoms with Crippen LogP contribution in [0.3, 0.4) is 0 Å². The average molecular weight is 253 g/mol. The first-order chi connectivity index (χ1) is 8.86. The minimum absolute atomic E-state index is 0.346. The maximum absolute atomic E-state index is 12.1. The van der Waals surface area contributed by atoms with Gasteiger partial charge in [0.15, 0.2) is 0 Å². The summed E-state index contributed by atoms with van der Waals surface area (Å²) in [5, 5.41) is 3.29. The Balaban J connectivity index is 1.67. The van der Waals surface area contributed by atoms with Crippen molar-refractivity contribution in [2.45, 2.75) is 38.5 Å². The Morgan fingerprint density at radius 3 is 2.17 bits per heavy atom. The fraction of sp³-hybridized carbons (Fsp3) is 0.929. The Bertz CT molecular complexity index is 243. The van der Waals surface area contributed by atoms with Gasteiger partial charge in [0.1, 0.15) is 0 Å². The molecule has 2 saturated heterocycles. The second-order valence-electron chi connectivity index (χ2n) is 5.49. The summed E-state index contributed by atoms with van der Waals surface area (Å²) in [6, 6.07) is 0. The van der Waals surface area contributed by atoms with Gasteiger partial charge in [0.05, 0.1) is 0 Å². The maximum Gasteiger partial charge on any atom is 0.223 e. The Morgan fingerprint density at radius 2 is 1.50 bits per heavy atom. The standard InChI is InChI=1S/C14H27N3O/c18-14(17-12-7-15-8-13-17)6-11-16-9-4-2-1-3-5-10-16/h15H,1-13H2. The van der Waals surface area contributed by atoms with E-state index in [1.807, 2.05) is 4.90 Å². The van der Waals surface area contributed by atoms with Gasteiger partial charge in [0.2, 0.25) is 5.91 Å². The molecule has 0 saturated carbocycles. The van der Waals surface area contributed by atoms with Gasteiger partial charge in [0, 0.05) is 39.1 Å².